The molecule has 0 bridgehead atoms. The summed E-state index contributed by atoms with van der Waals surface area (Å²) in [5.41, 5.74) is 2.99. The second-order valence-electron chi connectivity index (χ2n) is 6.06. The van der Waals surface area contributed by atoms with Crippen molar-refractivity contribution in [3.63, 3.8) is 0 Å². The Bertz CT molecular complexity index is 902. The van der Waals surface area contributed by atoms with Gasteiger partial charge in [0, 0.05) is 21.4 Å². The highest BCUT2D eigenvalue weighted by molar-refractivity contribution is 6.30. The number of aromatic nitrogens is 1. The normalized spacial score (nSPS) is 10.7. The predicted octanol–water partition coefficient (Wildman–Crippen LogP) is 5.56. The molecule has 1 heterocycles. The molecule has 1 aromatic heterocycles. The Morgan fingerprint density at radius 1 is 0.926 bits per heavy atom. The summed E-state index contributed by atoms with van der Waals surface area (Å²) in [6.07, 6.45) is 0.548. The smallest absolute Gasteiger partial charge is 0.303 e. The van der Waals surface area contributed by atoms with Gasteiger partial charge in [0.1, 0.15) is 12.4 Å². The molecular weight excluding hydrogens is 385 g/mol. The maximum atomic E-state index is 11.0. The fourth-order valence-corrected chi connectivity index (χ4v) is 3.14. The number of rotatable bonds is 8. The van der Waals surface area contributed by atoms with E-state index < -0.39 is 5.97 Å². The number of carboxylic acid groups (broad SMARTS) is 1. The van der Waals surface area contributed by atoms with Gasteiger partial charge in [-0.25, -0.2) is 0 Å². The van der Waals surface area contributed by atoms with Gasteiger partial charge in [0.05, 0.1) is 13.0 Å². The number of aliphatic carboxylic acids is 1. The molecule has 6 heteroatoms. The fraction of sp³-hybridized carbons (Fsp3) is 0.190. The first-order chi connectivity index (χ1) is 13.0. The van der Waals surface area contributed by atoms with Gasteiger partial charge in [-0.05, 0) is 60.5 Å². The average molecular weight is 404 g/mol. The minimum absolute atomic E-state index is 0.0854. The van der Waals surface area contributed by atoms with Crippen molar-refractivity contribution in [1.29, 1.82) is 0 Å². The molecular formula is C21H19Cl2NO3. The van der Waals surface area contributed by atoms with E-state index in [1.54, 1.807) is 12.1 Å². The maximum Gasteiger partial charge on any atom is 0.303 e. The van der Waals surface area contributed by atoms with Gasteiger partial charge in [-0.1, -0.05) is 35.3 Å². The zero-order valence-corrected chi connectivity index (χ0v) is 16.1. The Morgan fingerprint density at radius 2 is 1.56 bits per heavy atom. The highest BCUT2D eigenvalue weighted by atomic mass is 35.5. The summed E-state index contributed by atoms with van der Waals surface area (Å²) >= 11 is 11.9. The summed E-state index contributed by atoms with van der Waals surface area (Å²) < 4.78 is 7.91. The zero-order chi connectivity index (χ0) is 19.2. The van der Waals surface area contributed by atoms with Gasteiger partial charge in [-0.3, -0.25) is 4.79 Å². The minimum Gasteiger partial charge on any atom is -0.492 e. The highest BCUT2D eigenvalue weighted by Gasteiger charge is 2.12. The van der Waals surface area contributed by atoms with E-state index in [1.807, 2.05) is 48.5 Å². The van der Waals surface area contributed by atoms with Crippen molar-refractivity contribution >= 4 is 29.2 Å². The van der Waals surface area contributed by atoms with Crippen molar-refractivity contribution in [2.45, 2.75) is 19.4 Å². The number of aryl methyl sites for hydroxylation is 1. The first-order valence-electron chi connectivity index (χ1n) is 8.57. The molecule has 4 nitrogen and oxygen atoms in total. The van der Waals surface area contributed by atoms with Crippen LogP contribution >= 0.6 is 23.2 Å². The molecule has 27 heavy (non-hydrogen) atoms. The largest absolute Gasteiger partial charge is 0.492 e. The molecule has 0 fully saturated rings. The van der Waals surface area contributed by atoms with Gasteiger partial charge < -0.3 is 14.4 Å². The number of halogens is 2. The first-order valence-corrected chi connectivity index (χ1v) is 9.33. The molecule has 0 unspecified atom stereocenters. The van der Waals surface area contributed by atoms with Crippen LogP contribution in [-0.2, 0) is 17.8 Å². The monoisotopic (exact) mass is 403 g/mol. The molecule has 2 aromatic carbocycles. The van der Waals surface area contributed by atoms with Gasteiger partial charge in [-0.15, -0.1) is 0 Å². The summed E-state index contributed by atoms with van der Waals surface area (Å²) in [6, 6.07) is 18.8. The van der Waals surface area contributed by atoms with Crippen LogP contribution in [0.3, 0.4) is 0 Å². The Morgan fingerprint density at radius 3 is 2.19 bits per heavy atom. The van der Waals surface area contributed by atoms with Crippen LogP contribution in [0.4, 0.5) is 0 Å². The molecule has 3 rings (SSSR count). The lowest BCUT2D eigenvalue weighted by atomic mass is 10.1. The van der Waals surface area contributed by atoms with E-state index in [4.69, 9.17) is 33.0 Å². The van der Waals surface area contributed by atoms with Crippen LogP contribution in [0.15, 0.2) is 60.7 Å². The lowest BCUT2D eigenvalue weighted by Crippen LogP contribution is -2.13. The summed E-state index contributed by atoms with van der Waals surface area (Å²) in [5.74, 6) is -0.0695. The minimum atomic E-state index is -0.812. The number of nitrogens with zero attached hydrogens (tertiary/aromatic N) is 1. The molecule has 0 saturated carbocycles. The Balaban J connectivity index is 1.78. The number of benzene rings is 2. The average Bonchev–Trinajstić information content (AvgIpc) is 3.05. The number of hydrogen-bond acceptors (Lipinski definition) is 2. The highest BCUT2D eigenvalue weighted by Crippen LogP contribution is 2.25. The number of ether oxygens (including phenoxy) is 1. The Hall–Kier alpha value is -2.43. The molecule has 0 aliphatic rings. The van der Waals surface area contributed by atoms with E-state index in [0.717, 1.165) is 22.7 Å². The molecule has 0 aliphatic carbocycles. The summed E-state index contributed by atoms with van der Waals surface area (Å²) in [5, 5.41) is 10.3. The third kappa shape index (κ3) is 5.28. The van der Waals surface area contributed by atoms with Gasteiger partial charge in [0.15, 0.2) is 0 Å². The lowest BCUT2D eigenvalue weighted by molar-refractivity contribution is -0.136. The van der Waals surface area contributed by atoms with Crippen LogP contribution in [0.2, 0.25) is 10.0 Å². The first kappa shape index (κ1) is 19.3. The van der Waals surface area contributed by atoms with E-state index in [-0.39, 0.29) is 6.42 Å². The SMILES string of the molecule is O=C(O)CCc1ccc(-c2ccc(Cl)cc2)n1CCOc1ccc(Cl)cc1. The van der Waals surface area contributed by atoms with Crippen LogP contribution < -0.4 is 4.74 Å². The Labute approximate surface area is 167 Å². The second kappa shape index (κ2) is 8.98. The van der Waals surface area contributed by atoms with Crippen molar-refractivity contribution < 1.29 is 14.6 Å². The Kier molecular flexibility index (Phi) is 6.43. The van der Waals surface area contributed by atoms with E-state index in [9.17, 15) is 4.79 Å². The van der Waals surface area contributed by atoms with Crippen molar-refractivity contribution in [2.24, 2.45) is 0 Å². The number of carbonyl (C=O) groups is 1. The molecule has 140 valence electrons. The number of carboxylic acids is 1. The van der Waals surface area contributed by atoms with E-state index >= 15 is 0 Å². The molecule has 0 amide bonds. The van der Waals surface area contributed by atoms with Crippen LogP contribution in [0.1, 0.15) is 12.1 Å². The van der Waals surface area contributed by atoms with E-state index in [1.165, 1.54) is 0 Å². The second-order valence-corrected chi connectivity index (χ2v) is 6.94. The maximum absolute atomic E-state index is 11.0. The van der Waals surface area contributed by atoms with Gasteiger partial charge >= 0.3 is 5.97 Å². The van der Waals surface area contributed by atoms with E-state index in [2.05, 4.69) is 4.57 Å². The standard InChI is InChI=1S/C21H19Cl2NO3/c22-16-3-1-15(2-4-16)20-11-7-18(8-12-21(25)26)24(20)13-14-27-19-9-5-17(23)6-10-19/h1-7,9-11H,8,12-14H2,(H,25,26). The summed E-state index contributed by atoms with van der Waals surface area (Å²) in [7, 11) is 0. The summed E-state index contributed by atoms with van der Waals surface area (Å²) in [4.78, 5) is 11.0. The third-order valence-electron chi connectivity index (χ3n) is 4.20. The fourth-order valence-electron chi connectivity index (χ4n) is 2.89. The third-order valence-corrected chi connectivity index (χ3v) is 4.71. The van der Waals surface area contributed by atoms with Crippen LogP contribution in [-0.4, -0.2) is 22.2 Å². The molecule has 0 radical (unpaired) electrons. The van der Waals surface area contributed by atoms with Crippen LogP contribution in [0, 0.1) is 0 Å². The predicted molar refractivity (Wildman–Crippen MR) is 108 cm³/mol. The van der Waals surface area contributed by atoms with Crippen LogP contribution in [0.25, 0.3) is 11.3 Å². The molecule has 1 N–H and O–H groups in total. The lowest BCUT2D eigenvalue weighted by Gasteiger charge is -2.14. The van der Waals surface area contributed by atoms with Crippen molar-refractivity contribution in [3.05, 3.63) is 76.4 Å². The zero-order valence-electron chi connectivity index (χ0n) is 14.6. The molecule has 0 aliphatic heterocycles. The topological polar surface area (TPSA) is 51.5 Å². The molecule has 0 atom stereocenters. The molecule has 0 spiro atoms. The molecule has 0 saturated heterocycles. The van der Waals surface area contributed by atoms with Crippen molar-refractivity contribution in [3.8, 4) is 17.0 Å². The van der Waals surface area contributed by atoms with Gasteiger partial charge in [0.25, 0.3) is 0 Å². The van der Waals surface area contributed by atoms with E-state index in [0.29, 0.717) is 29.6 Å². The van der Waals surface area contributed by atoms with Crippen LogP contribution in [0.5, 0.6) is 5.75 Å². The van der Waals surface area contributed by atoms with Gasteiger partial charge in [-0.2, -0.15) is 0 Å². The molecule has 3 aromatic rings. The summed E-state index contributed by atoms with van der Waals surface area (Å²) in [6.45, 7) is 1.06. The van der Waals surface area contributed by atoms with Gasteiger partial charge in [0.2, 0.25) is 0 Å². The van der Waals surface area contributed by atoms with Crippen molar-refractivity contribution in [2.75, 3.05) is 6.61 Å². The number of hydrogen-bond donors (Lipinski definition) is 1. The van der Waals surface area contributed by atoms with Crippen molar-refractivity contribution in [1.82, 2.24) is 4.57 Å². The quantitative estimate of drug-likeness (QED) is 0.535.